The van der Waals surface area contributed by atoms with Crippen LogP contribution in [0.4, 0.5) is 5.69 Å². The quantitative estimate of drug-likeness (QED) is 0.924. The summed E-state index contributed by atoms with van der Waals surface area (Å²) < 4.78 is 2.04. The number of anilines is 1. The van der Waals surface area contributed by atoms with Crippen LogP contribution in [0.5, 0.6) is 0 Å². The molecule has 0 bridgehead atoms. The molecule has 1 N–H and O–H groups in total. The van der Waals surface area contributed by atoms with Gasteiger partial charge in [0.05, 0.1) is 5.69 Å². The van der Waals surface area contributed by atoms with Gasteiger partial charge in [0.15, 0.2) is 5.82 Å². The first-order chi connectivity index (χ1) is 10.3. The van der Waals surface area contributed by atoms with Crippen molar-refractivity contribution >= 4 is 5.69 Å². The van der Waals surface area contributed by atoms with E-state index in [4.69, 9.17) is 0 Å². The molecule has 3 rings (SSSR count). The highest BCUT2D eigenvalue weighted by molar-refractivity contribution is 5.57. The van der Waals surface area contributed by atoms with Crippen LogP contribution in [0.25, 0.3) is 5.82 Å². The second kappa shape index (κ2) is 6.29. The number of aromatic nitrogens is 3. The summed E-state index contributed by atoms with van der Waals surface area (Å²) in [5.74, 6) is 2.78. The molecule has 1 aliphatic rings. The van der Waals surface area contributed by atoms with Crippen molar-refractivity contribution < 1.29 is 0 Å². The molecule has 2 atom stereocenters. The van der Waals surface area contributed by atoms with Crippen molar-refractivity contribution in [2.45, 2.75) is 52.0 Å². The molecule has 1 aliphatic carbocycles. The fraction of sp³-hybridized carbons (Fsp3) is 0.529. The normalized spacial score (nSPS) is 22.2. The van der Waals surface area contributed by atoms with Gasteiger partial charge in [0, 0.05) is 24.6 Å². The molecule has 2 aromatic rings. The van der Waals surface area contributed by atoms with E-state index in [-0.39, 0.29) is 0 Å². The Labute approximate surface area is 126 Å². The van der Waals surface area contributed by atoms with Crippen molar-refractivity contribution in [3.05, 3.63) is 36.5 Å². The fourth-order valence-electron chi connectivity index (χ4n) is 3.32. The molecule has 21 heavy (non-hydrogen) atoms. The summed E-state index contributed by atoms with van der Waals surface area (Å²) in [7, 11) is 0. The Bertz CT molecular complexity index is 590. The second-order valence-corrected chi connectivity index (χ2v) is 6.00. The van der Waals surface area contributed by atoms with E-state index in [1.165, 1.54) is 32.1 Å². The first kappa shape index (κ1) is 14.1. The molecule has 1 saturated carbocycles. The van der Waals surface area contributed by atoms with Crippen LogP contribution in [0, 0.1) is 12.8 Å². The molecular formula is C17H24N4. The van der Waals surface area contributed by atoms with E-state index >= 15 is 0 Å². The molecule has 0 aromatic carbocycles. The number of nitrogens with zero attached hydrogens (tertiary/aromatic N) is 3. The minimum absolute atomic E-state index is 0.565. The summed E-state index contributed by atoms with van der Waals surface area (Å²) in [6.45, 7) is 4.31. The smallest absolute Gasteiger partial charge is 0.161 e. The molecule has 1 fully saturated rings. The van der Waals surface area contributed by atoms with Gasteiger partial charge in [-0.1, -0.05) is 26.2 Å². The lowest BCUT2D eigenvalue weighted by molar-refractivity contribution is 0.327. The Morgan fingerprint density at radius 2 is 2.19 bits per heavy atom. The van der Waals surface area contributed by atoms with E-state index in [0.29, 0.717) is 6.04 Å². The van der Waals surface area contributed by atoms with Gasteiger partial charge < -0.3 is 5.32 Å². The number of rotatable bonds is 4. The van der Waals surface area contributed by atoms with Gasteiger partial charge in [0.25, 0.3) is 0 Å². The number of aryl methyl sites for hydroxylation is 1. The van der Waals surface area contributed by atoms with E-state index in [1.54, 1.807) is 0 Å². The zero-order valence-corrected chi connectivity index (χ0v) is 12.9. The SMILES string of the molecule is CCC1CCCC(Nc2cccnc2-n2ccnc2C)C1. The highest BCUT2D eigenvalue weighted by Crippen LogP contribution is 2.30. The van der Waals surface area contributed by atoms with Crippen LogP contribution in [0.15, 0.2) is 30.7 Å². The molecule has 0 saturated heterocycles. The minimum atomic E-state index is 0.565. The largest absolute Gasteiger partial charge is 0.379 e. The summed E-state index contributed by atoms with van der Waals surface area (Å²) in [4.78, 5) is 8.85. The Morgan fingerprint density at radius 3 is 2.95 bits per heavy atom. The number of pyridine rings is 1. The first-order valence-corrected chi connectivity index (χ1v) is 7.99. The van der Waals surface area contributed by atoms with Crippen LogP contribution >= 0.6 is 0 Å². The maximum Gasteiger partial charge on any atom is 0.161 e. The maximum atomic E-state index is 4.55. The van der Waals surface area contributed by atoms with Crippen molar-refractivity contribution in [1.29, 1.82) is 0 Å². The summed E-state index contributed by atoms with van der Waals surface area (Å²) in [5.41, 5.74) is 1.11. The third kappa shape index (κ3) is 3.09. The van der Waals surface area contributed by atoms with Crippen LogP contribution < -0.4 is 5.32 Å². The molecule has 4 heteroatoms. The molecule has 0 aliphatic heterocycles. The van der Waals surface area contributed by atoms with Crippen LogP contribution in [0.1, 0.15) is 44.9 Å². The van der Waals surface area contributed by atoms with Gasteiger partial charge in [0.2, 0.25) is 0 Å². The van der Waals surface area contributed by atoms with Gasteiger partial charge >= 0.3 is 0 Å². The van der Waals surface area contributed by atoms with E-state index in [2.05, 4.69) is 28.3 Å². The van der Waals surface area contributed by atoms with Crippen molar-refractivity contribution in [1.82, 2.24) is 14.5 Å². The van der Waals surface area contributed by atoms with Crippen molar-refractivity contribution in [2.75, 3.05) is 5.32 Å². The van der Waals surface area contributed by atoms with Gasteiger partial charge in [-0.3, -0.25) is 4.57 Å². The number of nitrogens with one attached hydrogen (secondary N) is 1. The summed E-state index contributed by atoms with van der Waals surface area (Å²) in [6, 6.07) is 4.69. The molecule has 0 amide bonds. The average Bonchev–Trinajstić information content (AvgIpc) is 2.94. The summed E-state index contributed by atoms with van der Waals surface area (Å²) >= 11 is 0. The van der Waals surface area contributed by atoms with Crippen LogP contribution in [0.2, 0.25) is 0 Å². The number of hydrogen-bond donors (Lipinski definition) is 1. The standard InChI is InChI=1S/C17H24N4/c1-3-14-6-4-7-15(12-14)20-16-8-5-9-19-17(16)21-11-10-18-13(21)2/h5,8-11,14-15,20H,3-4,6-7,12H2,1-2H3. The fourth-order valence-corrected chi connectivity index (χ4v) is 3.32. The lowest BCUT2D eigenvalue weighted by atomic mass is 9.84. The highest BCUT2D eigenvalue weighted by atomic mass is 15.1. The van der Waals surface area contributed by atoms with Gasteiger partial charge in [0.1, 0.15) is 5.82 Å². The van der Waals surface area contributed by atoms with Gasteiger partial charge in [-0.25, -0.2) is 9.97 Å². The monoisotopic (exact) mass is 284 g/mol. The van der Waals surface area contributed by atoms with E-state index < -0.39 is 0 Å². The van der Waals surface area contributed by atoms with E-state index in [0.717, 1.165) is 23.2 Å². The van der Waals surface area contributed by atoms with E-state index in [1.807, 2.05) is 36.1 Å². The molecule has 2 heterocycles. The van der Waals surface area contributed by atoms with Gasteiger partial charge in [-0.05, 0) is 37.8 Å². The topological polar surface area (TPSA) is 42.7 Å². The molecule has 4 nitrogen and oxygen atoms in total. The van der Waals surface area contributed by atoms with Crippen molar-refractivity contribution in [3.63, 3.8) is 0 Å². The molecule has 112 valence electrons. The Hall–Kier alpha value is -1.84. The average molecular weight is 284 g/mol. The third-order valence-electron chi connectivity index (χ3n) is 4.56. The van der Waals surface area contributed by atoms with Gasteiger partial charge in [-0.2, -0.15) is 0 Å². The Kier molecular flexibility index (Phi) is 4.23. The van der Waals surface area contributed by atoms with Crippen LogP contribution in [0.3, 0.4) is 0 Å². The predicted molar refractivity (Wildman–Crippen MR) is 85.8 cm³/mol. The number of hydrogen-bond acceptors (Lipinski definition) is 3. The zero-order valence-electron chi connectivity index (χ0n) is 12.9. The molecule has 0 radical (unpaired) electrons. The van der Waals surface area contributed by atoms with Crippen molar-refractivity contribution in [3.8, 4) is 5.82 Å². The lowest BCUT2D eigenvalue weighted by Crippen LogP contribution is -2.27. The van der Waals surface area contributed by atoms with Crippen LogP contribution in [-0.4, -0.2) is 20.6 Å². The third-order valence-corrected chi connectivity index (χ3v) is 4.56. The molecule has 2 aromatic heterocycles. The van der Waals surface area contributed by atoms with Crippen LogP contribution in [-0.2, 0) is 0 Å². The van der Waals surface area contributed by atoms with E-state index in [9.17, 15) is 0 Å². The zero-order chi connectivity index (χ0) is 14.7. The summed E-state index contributed by atoms with van der Waals surface area (Å²) in [6.07, 6.45) is 12.2. The number of imidazole rings is 1. The minimum Gasteiger partial charge on any atom is -0.379 e. The molecule has 0 spiro atoms. The first-order valence-electron chi connectivity index (χ1n) is 7.99. The Balaban J connectivity index is 1.81. The maximum absolute atomic E-state index is 4.55. The molecule has 2 unspecified atom stereocenters. The summed E-state index contributed by atoms with van der Waals surface area (Å²) in [5, 5.41) is 3.72. The predicted octanol–water partition coefficient (Wildman–Crippen LogP) is 3.96. The molecular weight excluding hydrogens is 260 g/mol. The highest BCUT2D eigenvalue weighted by Gasteiger charge is 2.21. The second-order valence-electron chi connectivity index (χ2n) is 6.00. The lowest BCUT2D eigenvalue weighted by Gasteiger charge is -2.30. The van der Waals surface area contributed by atoms with Gasteiger partial charge in [-0.15, -0.1) is 0 Å². The Morgan fingerprint density at radius 1 is 1.29 bits per heavy atom. The van der Waals surface area contributed by atoms with Crippen molar-refractivity contribution in [2.24, 2.45) is 5.92 Å².